The van der Waals surface area contributed by atoms with Gasteiger partial charge in [-0.25, -0.2) is 9.97 Å². The van der Waals surface area contributed by atoms with Crippen molar-refractivity contribution in [3.63, 3.8) is 0 Å². The molecule has 0 saturated heterocycles. The molecule has 1 rings (SSSR count). The summed E-state index contributed by atoms with van der Waals surface area (Å²) in [5.74, 6) is 1.00. The molecule has 5 heteroatoms. The van der Waals surface area contributed by atoms with Gasteiger partial charge in [-0.3, -0.25) is 0 Å². The summed E-state index contributed by atoms with van der Waals surface area (Å²) in [5, 5.41) is 3.60. The molecular formula is C8H13ClN4. The van der Waals surface area contributed by atoms with Crippen molar-refractivity contribution in [2.24, 2.45) is 11.7 Å². The molecule has 1 atom stereocenters. The normalized spacial score (nSPS) is 12.5. The minimum Gasteiger partial charge on any atom is -0.354 e. The molecule has 4 nitrogen and oxygen atoms in total. The van der Waals surface area contributed by atoms with Crippen molar-refractivity contribution in [1.82, 2.24) is 9.97 Å². The Morgan fingerprint density at radius 1 is 1.54 bits per heavy atom. The molecule has 1 heterocycles. The van der Waals surface area contributed by atoms with Gasteiger partial charge in [-0.1, -0.05) is 18.5 Å². The summed E-state index contributed by atoms with van der Waals surface area (Å²) in [6.45, 7) is 3.49. The molecule has 0 aliphatic heterocycles. The smallest absolute Gasteiger partial charge is 0.222 e. The molecule has 72 valence electrons. The topological polar surface area (TPSA) is 63.8 Å². The minimum absolute atomic E-state index is 0.416. The molecular weight excluding hydrogens is 188 g/mol. The molecule has 0 aliphatic rings. The maximum absolute atomic E-state index is 5.63. The average Bonchev–Trinajstić information content (AvgIpc) is 2.16. The molecule has 1 aromatic heterocycles. The van der Waals surface area contributed by atoms with Crippen LogP contribution < -0.4 is 11.1 Å². The van der Waals surface area contributed by atoms with Crippen LogP contribution in [0.5, 0.6) is 0 Å². The monoisotopic (exact) mass is 200 g/mol. The third-order valence-electron chi connectivity index (χ3n) is 1.63. The van der Waals surface area contributed by atoms with Crippen LogP contribution in [0, 0.1) is 5.92 Å². The number of hydrogen-bond acceptors (Lipinski definition) is 4. The van der Waals surface area contributed by atoms with Gasteiger partial charge in [-0.05, 0) is 12.5 Å². The van der Waals surface area contributed by atoms with Crippen LogP contribution >= 0.6 is 11.6 Å². The Kier molecular flexibility index (Phi) is 3.92. The summed E-state index contributed by atoms with van der Waals surface area (Å²) in [4.78, 5) is 7.98. The highest BCUT2D eigenvalue weighted by Gasteiger charge is 1.99. The molecule has 0 radical (unpaired) electrons. The van der Waals surface area contributed by atoms with Crippen molar-refractivity contribution in [2.45, 2.75) is 6.92 Å². The highest BCUT2D eigenvalue weighted by molar-refractivity contribution is 6.30. The second-order valence-corrected chi connectivity index (χ2v) is 3.38. The molecule has 0 fully saturated rings. The van der Waals surface area contributed by atoms with Gasteiger partial charge in [0.1, 0.15) is 0 Å². The van der Waals surface area contributed by atoms with Gasteiger partial charge in [0.15, 0.2) is 0 Å². The van der Waals surface area contributed by atoms with E-state index in [-0.39, 0.29) is 0 Å². The van der Waals surface area contributed by atoms with Gasteiger partial charge in [-0.2, -0.15) is 0 Å². The first kappa shape index (κ1) is 10.2. The zero-order valence-corrected chi connectivity index (χ0v) is 8.25. The number of halogens is 1. The highest BCUT2D eigenvalue weighted by Crippen LogP contribution is 2.05. The third kappa shape index (κ3) is 3.57. The predicted octanol–water partition coefficient (Wildman–Crippen LogP) is 1.14. The van der Waals surface area contributed by atoms with E-state index < -0.39 is 0 Å². The first-order chi connectivity index (χ1) is 6.22. The molecule has 0 aromatic carbocycles. The second kappa shape index (κ2) is 4.99. The minimum atomic E-state index is 0.416. The van der Waals surface area contributed by atoms with Crippen molar-refractivity contribution in [1.29, 1.82) is 0 Å². The molecule has 0 saturated carbocycles. The fourth-order valence-corrected chi connectivity index (χ4v) is 0.850. The number of hydrogen-bond donors (Lipinski definition) is 2. The van der Waals surface area contributed by atoms with Crippen molar-refractivity contribution in [3.05, 3.63) is 17.4 Å². The lowest BCUT2D eigenvalue weighted by Crippen LogP contribution is -2.20. The number of nitrogens with one attached hydrogen (secondary N) is 1. The lowest BCUT2D eigenvalue weighted by molar-refractivity contribution is 0.625. The van der Waals surface area contributed by atoms with Crippen molar-refractivity contribution in [3.8, 4) is 0 Å². The van der Waals surface area contributed by atoms with Crippen LogP contribution in [0.3, 0.4) is 0 Å². The van der Waals surface area contributed by atoms with Crippen LogP contribution in [0.25, 0.3) is 0 Å². The zero-order chi connectivity index (χ0) is 9.68. The highest BCUT2D eigenvalue weighted by atomic mass is 35.5. The summed E-state index contributed by atoms with van der Waals surface area (Å²) < 4.78 is 0. The van der Waals surface area contributed by atoms with Crippen LogP contribution in [0.2, 0.25) is 5.02 Å². The number of nitrogens with two attached hydrogens (primary N) is 1. The zero-order valence-electron chi connectivity index (χ0n) is 7.50. The van der Waals surface area contributed by atoms with E-state index in [2.05, 4.69) is 22.2 Å². The third-order valence-corrected chi connectivity index (χ3v) is 1.83. The van der Waals surface area contributed by atoms with E-state index in [1.807, 2.05) is 0 Å². The molecule has 1 unspecified atom stereocenters. The molecule has 0 amide bonds. The largest absolute Gasteiger partial charge is 0.354 e. The van der Waals surface area contributed by atoms with Crippen LogP contribution in [0.1, 0.15) is 6.92 Å². The second-order valence-electron chi connectivity index (χ2n) is 2.95. The van der Waals surface area contributed by atoms with E-state index in [0.29, 0.717) is 23.4 Å². The van der Waals surface area contributed by atoms with Crippen LogP contribution in [0.4, 0.5) is 5.95 Å². The summed E-state index contributed by atoms with van der Waals surface area (Å²) in [6.07, 6.45) is 3.12. The summed E-state index contributed by atoms with van der Waals surface area (Å²) in [7, 11) is 0. The van der Waals surface area contributed by atoms with Gasteiger partial charge in [0.2, 0.25) is 5.95 Å². The molecule has 0 aliphatic carbocycles. The Morgan fingerprint density at radius 3 is 2.69 bits per heavy atom. The lowest BCUT2D eigenvalue weighted by Gasteiger charge is -2.09. The van der Waals surface area contributed by atoms with E-state index in [1.54, 1.807) is 12.4 Å². The quantitative estimate of drug-likeness (QED) is 0.765. The number of nitrogens with zero attached hydrogens (tertiary/aromatic N) is 2. The van der Waals surface area contributed by atoms with E-state index in [0.717, 1.165) is 6.54 Å². The first-order valence-electron chi connectivity index (χ1n) is 4.14. The van der Waals surface area contributed by atoms with Crippen molar-refractivity contribution in [2.75, 3.05) is 18.4 Å². The first-order valence-corrected chi connectivity index (χ1v) is 4.51. The summed E-state index contributed by atoms with van der Waals surface area (Å²) in [6, 6.07) is 0. The van der Waals surface area contributed by atoms with Gasteiger partial charge in [0, 0.05) is 6.54 Å². The van der Waals surface area contributed by atoms with Gasteiger partial charge in [0.05, 0.1) is 17.4 Å². The van der Waals surface area contributed by atoms with E-state index in [1.165, 1.54) is 0 Å². The molecule has 13 heavy (non-hydrogen) atoms. The van der Waals surface area contributed by atoms with Gasteiger partial charge < -0.3 is 11.1 Å². The predicted molar refractivity (Wildman–Crippen MR) is 53.8 cm³/mol. The Balaban J connectivity index is 2.41. The Morgan fingerprint density at radius 2 is 2.15 bits per heavy atom. The maximum atomic E-state index is 5.63. The fourth-order valence-electron chi connectivity index (χ4n) is 0.752. The van der Waals surface area contributed by atoms with Gasteiger partial charge >= 0.3 is 0 Å². The molecule has 3 N–H and O–H groups in total. The fraction of sp³-hybridized carbons (Fsp3) is 0.500. The molecule has 0 bridgehead atoms. The van der Waals surface area contributed by atoms with Crippen molar-refractivity contribution < 1.29 is 0 Å². The number of rotatable bonds is 4. The Bertz CT molecular complexity index is 249. The SMILES string of the molecule is CC(CN)CNc1ncc(Cl)cn1. The van der Waals surface area contributed by atoms with E-state index in [9.17, 15) is 0 Å². The molecule has 1 aromatic rings. The average molecular weight is 201 g/mol. The standard InChI is InChI=1S/C8H13ClN4/c1-6(2-10)3-11-8-12-4-7(9)5-13-8/h4-6H,2-3,10H2,1H3,(H,11,12,13). The van der Waals surface area contributed by atoms with Gasteiger partial charge in [0.25, 0.3) is 0 Å². The Hall–Kier alpha value is -0.870. The van der Waals surface area contributed by atoms with Crippen LogP contribution in [-0.4, -0.2) is 23.1 Å². The van der Waals surface area contributed by atoms with Crippen molar-refractivity contribution >= 4 is 17.5 Å². The number of anilines is 1. The summed E-state index contributed by atoms with van der Waals surface area (Å²) >= 11 is 5.63. The number of aromatic nitrogens is 2. The van der Waals surface area contributed by atoms with Crippen LogP contribution in [-0.2, 0) is 0 Å². The van der Waals surface area contributed by atoms with E-state index >= 15 is 0 Å². The lowest BCUT2D eigenvalue weighted by atomic mass is 10.2. The maximum Gasteiger partial charge on any atom is 0.222 e. The van der Waals surface area contributed by atoms with E-state index in [4.69, 9.17) is 17.3 Å². The summed E-state index contributed by atoms with van der Waals surface area (Å²) in [5.41, 5.74) is 5.46. The van der Waals surface area contributed by atoms with Gasteiger partial charge in [-0.15, -0.1) is 0 Å². The van der Waals surface area contributed by atoms with Crippen LogP contribution in [0.15, 0.2) is 12.4 Å². The Labute approximate surface area is 82.5 Å². The molecule has 0 spiro atoms.